The van der Waals surface area contributed by atoms with Gasteiger partial charge in [0.2, 0.25) is 0 Å². The number of aromatic nitrogens is 2. The van der Waals surface area contributed by atoms with Crippen molar-refractivity contribution in [3.8, 4) is 10.4 Å². The number of halogens is 1. The number of nitrogens with zero attached hydrogens (tertiary/aromatic N) is 2. The third kappa shape index (κ3) is 4.26. The molecule has 0 unspecified atom stereocenters. The Morgan fingerprint density at radius 3 is 2.81 bits per heavy atom. The molecular weight excluding hydrogens is 394 g/mol. The van der Waals surface area contributed by atoms with Crippen LogP contribution in [0.3, 0.4) is 0 Å². The van der Waals surface area contributed by atoms with Gasteiger partial charge in [0.25, 0.3) is 0 Å². The van der Waals surface area contributed by atoms with Crippen molar-refractivity contribution < 1.29 is 0 Å². The Morgan fingerprint density at radius 1 is 1.19 bits per heavy atom. The summed E-state index contributed by atoms with van der Waals surface area (Å²) in [5.74, 6) is 0. The van der Waals surface area contributed by atoms with Gasteiger partial charge in [0.05, 0.1) is 16.3 Å². The molecule has 2 aromatic heterocycles. The third-order valence-electron chi connectivity index (χ3n) is 4.16. The van der Waals surface area contributed by atoms with Crippen molar-refractivity contribution in [1.82, 2.24) is 9.97 Å². The average Bonchev–Trinajstić information content (AvgIpc) is 3.10. The van der Waals surface area contributed by atoms with Crippen LogP contribution in [0.2, 0.25) is 5.15 Å². The molecule has 1 aliphatic carbocycles. The normalized spacial score (nSPS) is 13.5. The highest BCUT2D eigenvalue weighted by Crippen LogP contribution is 2.37. The molecule has 1 aromatic carbocycles. The highest BCUT2D eigenvalue weighted by Gasteiger charge is 2.14. The van der Waals surface area contributed by atoms with Crippen molar-refractivity contribution in [3.05, 3.63) is 76.7 Å². The standard InChI is InChI=1S/C21H18ClN3S2/c1-14-19(26-21(24-14)15-8-4-2-5-9-15)16-12-18(20(22)23-13-16)25-27-17-10-6-3-7-11-17/h3-4,6-13,25H,2,5H2,1H3. The average molecular weight is 412 g/mol. The second-order valence-corrected chi connectivity index (χ2v) is 8.39. The fourth-order valence-corrected chi connectivity index (χ4v) is 4.76. The molecular formula is C21H18ClN3S2. The molecule has 136 valence electrons. The zero-order valence-corrected chi connectivity index (χ0v) is 17.2. The second kappa shape index (κ2) is 8.30. The highest BCUT2D eigenvalue weighted by atomic mass is 35.5. The van der Waals surface area contributed by atoms with Gasteiger partial charge in [0.15, 0.2) is 5.15 Å². The Balaban J connectivity index is 1.60. The zero-order chi connectivity index (χ0) is 18.6. The second-order valence-electron chi connectivity index (χ2n) is 6.15. The van der Waals surface area contributed by atoms with Crippen LogP contribution in [0.15, 0.2) is 65.7 Å². The highest BCUT2D eigenvalue weighted by molar-refractivity contribution is 8.00. The van der Waals surface area contributed by atoms with Crippen LogP contribution in [0.5, 0.6) is 0 Å². The molecule has 0 atom stereocenters. The minimum Gasteiger partial charge on any atom is -0.323 e. The van der Waals surface area contributed by atoms with Crippen LogP contribution in [-0.4, -0.2) is 9.97 Å². The van der Waals surface area contributed by atoms with E-state index in [4.69, 9.17) is 16.6 Å². The van der Waals surface area contributed by atoms with E-state index in [2.05, 4.69) is 27.9 Å². The summed E-state index contributed by atoms with van der Waals surface area (Å²) < 4.78 is 3.31. The van der Waals surface area contributed by atoms with Crippen molar-refractivity contribution in [1.29, 1.82) is 0 Å². The molecule has 0 spiro atoms. The number of anilines is 1. The van der Waals surface area contributed by atoms with E-state index in [-0.39, 0.29) is 0 Å². The van der Waals surface area contributed by atoms with E-state index in [0.29, 0.717) is 5.15 Å². The number of benzene rings is 1. The summed E-state index contributed by atoms with van der Waals surface area (Å²) in [4.78, 5) is 11.4. The molecule has 1 aliphatic rings. The molecule has 3 aromatic rings. The molecule has 0 saturated carbocycles. The predicted molar refractivity (Wildman–Crippen MR) is 117 cm³/mol. The van der Waals surface area contributed by atoms with Crippen LogP contribution in [0.1, 0.15) is 23.5 Å². The lowest BCUT2D eigenvalue weighted by Crippen LogP contribution is -1.91. The summed E-state index contributed by atoms with van der Waals surface area (Å²) in [6, 6.07) is 12.2. The van der Waals surface area contributed by atoms with Gasteiger partial charge in [-0.2, -0.15) is 0 Å². The van der Waals surface area contributed by atoms with Gasteiger partial charge in [0, 0.05) is 22.2 Å². The summed E-state index contributed by atoms with van der Waals surface area (Å²) in [5.41, 5.74) is 4.05. The van der Waals surface area contributed by atoms with Crippen molar-refractivity contribution in [3.63, 3.8) is 0 Å². The lowest BCUT2D eigenvalue weighted by molar-refractivity contribution is 1.04. The number of hydrogen-bond acceptors (Lipinski definition) is 5. The van der Waals surface area contributed by atoms with Gasteiger partial charge >= 0.3 is 0 Å². The Morgan fingerprint density at radius 2 is 2.04 bits per heavy atom. The molecule has 0 fully saturated rings. The van der Waals surface area contributed by atoms with Gasteiger partial charge in [-0.25, -0.2) is 9.97 Å². The van der Waals surface area contributed by atoms with Crippen LogP contribution in [0.25, 0.3) is 16.0 Å². The van der Waals surface area contributed by atoms with E-state index >= 15 is 0 Å². The monoisotopic (exact) mass is 411 g/mol. The lowest BCUT2D eigenvalue weighted by Gasteiger charge is -2.08. The Bertz CT molecular complexity index is 1010. The first kappa shape index (κ1) is 18.3. The van der Waals surface area contributed by atoms with E-state index in [9.17, 15) is 0 Å². The molecule has 27 heavy (non-hydrogen) atoms. The fourth-order valence-electron chi connectivity index (χ4n) is 2.81. The first-order chi connectivity index (χ1) is 13.2. The van der Waals surface area contributed by atoms with E-state index in [1.54, 1.807) is 11.3 Å². The van der Waals surface area contributed by atoms with Crippen LogP contribution < -0.4 is 4.72 Å². The lowest BCUT2D eigenvalue weighted by atomic mass is 10.1. The largest absolute Gasteiger partial charge is 0.323 e. The van der Waals surface area contributed by atoms with Crippen LogP contribution >= 0.6 is 34.9 Å². The number of pyridine rings is 1. The van der Waals surface area contributed by atoms with E-state index in [1.165, 1.54) is 17.5 Å². The Labute approximate surface area is 172 Å². The molecule has 0 aliphatic heterocycles. The molecule has 0 saturated heterocycles. The number of nitrogens with one attached hydrogen (secondary N) is 1. The number of allylic oxidation sites excluding steroid dienone is 4. The van der Waals surface area contributed by atoms with Crippen molar-refractivity contribution in [2.75, 3.05) is 4.72 Å². The minimum atomic E-state index is 0.461. The molecule has 0 radical (unpaired) electrons. The summed E-state index contributed by atoms with van der Waals surface area (Å²) >= 11 is 9.52. The fraction of sp³-hybridized carbons (Fsp3) is 0.143. The van der Waals surface area contributed by atoms with E-state index in [1.807, 2.05) is 49.5 Å². The molecule has 1 N–H and O–H groups in total. The van der Waals surface area contributed by atoms with Crippen molar-refractivity contribution >= 4 is 46.1 Å². The zero-order valence-electron chi connectivity index (χ0n) is 14.8. The van der Waals surface area contributed by atoms with Gasteiger partial charge in [-0.15, -0.1) is 11.3 Å². The summed E-state index contributed by atoms with van der Waals surface area (Å²) in [6.07, 6.45) is 10.6. The Hall–Kier alpha value is -2.08. The predicted octanol–water partition coefficient (Wildman–Crippen LogP) is 7.02. The first-order valence-electron chi connectivity index (χ1n) is 8.69. The van der Waals surface area contributed by atoms with E-state index < -0.39 is 0 Å². The molecule has 0 amide bonds. The SMILES string of the molecule is Cc1nc(C2=CCCC=C2)sc1-c1cnc(Cl)c(NSc2ccccc2)c1. The van der Waals surface area contributed by atoms with Gasteiger partial charge in [-0.3, -0.25) is 0 Å². The minimum absolute atomic E-state index is 0.461. The van der Waals surface area contributed by atoms with Crippen molar-refractivity contribution in [2.24, 2.45) is 0 Å². The topological polar surface area (TPSA) is 37.8 Å². The number of hydrogen-bond donors (Lipinski definition) is 1. The maximum Gasteiger partial charge on any atom is 0.152 e. The summed E-state index contributed by atoms with van der Waals surface area (Å²) in [5, 5.41) is 1.52. The molecule has 2 heterocycles. The number of thiazole rings is 1. The number of aryl methyl sites for hydroxylation is 1. The molecule has 6 heteroatoms. The van der Waals surface area contributed by atoms with Gasteiger partial charge in [-0.1, -0.05) is 48.0 Å². The van der Waals surface area contributed by atoms with Gasteiger partial charge in [-0.05, 0) is 49.9 Å². The third-order valence-corrected chi connectivity index (χ3v) is 6.55. The smallest absolute Gasteiger partial charge is 0.152 e. The van der Waals surface area contributed by atoms with Gasteiger partial charge < -0.3 is 4.72 Å². The van der Waals surface area contributed by atoms with Crippen molar-refractivity contribution in [2.45, 2.75) is 24.7 Å². The van der Waals surface area contributed by atoms with Crippen LogP contribution in [0, 0.1) is 6.92 Å². The summed E-state index contributed by atoms with van der Waals surface area (Å²) in [6.45, 7) is 2.04. The molecule has 4 rings (SSSR count). The van der Waals surface area contributed by atoms with Crippen LogP contribution in [-0.2, 0) is 0 Å². The maximum absolute atomic E-state index is 6.30. The van der Waals surface area contributed by atoms with Gasteiger partial charge in [0.1, 0.15) is 5.01 Å². The molecule has 0 bridgehead atoms. The van der Waals surface area contributed by atoms with Crippen LogP contribution in [0.4, 0.5) is 5.69 Å². The first-order valence-corrected chi connectivity index (χ1v) is 10.7. The maximum atomic E-state index is 6.30. The van der Waals surface area contributed by atoms with E-state index in [0.717, 1.165) is 44.6 Å². The number of rotatable bonds is 5. The summed E-state index contributed by atoms with van der Waals surface area (Å²) in [7, 11) is 0. The Kier molecular flexibility index (Phi) is 5.62. The molecule has 3 nitrogen and oxygen atoms in total. The quantitative estimate of drug-likeness (QED) is 0.361.